The van der Waals surface area contributed by atoms with Crippen LogP contribution >= 0.6 is 11.6 Å². The molecule has 16 heavy (non-hydrogen) atoms. The van der Waals surface area contributed by atoms with E-state index in [9.17, 15) is 15.0 Å². The van der Waals surface area contributed by atoms with E-state index in [0.717, 1.165) is 0 Å². The number of aliphatic hydroxyl groups is 2. The van der Waals surface area contributed by atoms with Gasteiger partial charge < -0.3 is 21.1 Å². The van der Waals surface area contributed by atoms with Crippen molar-refractivity contribution in [1.29, 1.82) is 0 Å². The van der Waals surface area contributed by atoms with E-state index in [1.807, 2.05) is 0 Å². The van der Waals surface area contributed by atoms with E-state index in [4.69, 9.17) is 22.4 Å². The number of nitrogens with two attached hydrogens (primary N) is 1. The van der Waals surface area contributed by atoms with Gasteiger partial charge in [0.25, 0.3) is 0 Å². The number of aromatic nitrogens is 1. The van der Waals surface area contributed by atoms with E-state index in [-0.39, 0.29) is 16.4 Å². The summed E-state index contributed by atoms with van der Waals surface area (Å²) < 4.78 is 0. The zero-order valence-corrected chi connectivity index (χ0v) is 8.92. The first-order valence-electron chi connectivity index (χ1n) is 4.40. The Morgan fingerprint density at radius 2 is 2.19 bits per heavy atom. The van der Waals surface area contributed by atoms with E-state index in [0.29, 0.717) is 0 Å². The minimum Gasteiger partial charge on any atom is -0.481 e. The Morgan fingerprint density at radius 3 is 2.69 bits per heavy atom. The molecule has 0 aliphatic carbocycles. The van der Waals surface area contributed by atoms with Crippen LogP contribution in [0.1, 0.15) is 18.1 Å². The Balaban J connectivity index is 2.83. The van der Waals surface area contributed by atoms with Crippen LogP contribution in [0.5, 0.6) is 0 Å². The Bertz CT molecular complexity index is 399. The molecule has 1 aromatic heterocycles. The molecule has 1 aromatic rings. The van der Waals surface area contributed by atoms with E-state index < -0.39 is 24.6 Å². The molecule has 0 spiro atoms. The molecule has 0 amide bonds. The van der Waals surface area contributed by atoms with Crippen LogP contribution in [0.15, 0.2) is 12.3 Å². The number of halogens is 1. The highest BCUT2D eigenvalue weighted by Gasteiger charge is 2.21. The molecular formula is C9H11ClN2O4. The topological polar surface area (TPSA) is 117 Å². The largest absolute Gasteiger partial charge is 0.481 e. The van der Waals surface area contributed by atoms with Gasteiger partial charge in [0.1, 0.15) is 6.10 Å². The number of carbonyl (C=O) groups is 1. The number of pyridine rings is 1. The summed E-state index contributed by atoms with van der Waals surface area (Å²) in [7, 11) is 0. The van der Waals surface area contributed by atoms with Gasteiger partial charge >= 0.3 is 5.97 Å². The fourth-order valence-electron chi connectivity index (χ4n) is 1.16. The Kier molecular flexibility index (Phi) is 4.05. The highest BCUT2D eigenvalue weighted by atomic mass is 35.5. The molecule has 5 N–H and O–H groups in total. The summed E-state index contributed by atoms with van der Waals surface area (Å²) in [5, 5.41) is 27.5. The fourth-order valence-corrected chi connectivity index (χ4v) is 1.26. The van der Waals surface area contributed by atoms with Crippen LogP contribution in [-0.2, 0) is 4.79 Å². The van der Waals surface area contributed by atoms with Crippen molar-refractivity contribution in [3.05, 3.63) is 23.0 Å². The molecule has 7 heteroatoms. The lowest BCUT2D eigenvalue weighted by Crippen LogP contribution is -2.22. The monoisotopic (exact) mass is 246 g/mol. The predicted octanol–water partition coefficient (Wildman–Crippen LogP) is 0.186. The number of carboxylic acid groups (broad SMARTS) is 1. The van der Waals surface area contributed by atoms with Crippen molar-refractivity contribution in [2.45, 2.75) is 18.6 Å². The van der Waals surface area contributed by atoms with Crippen LogP contribution in [0, 0.1) is 0 Å². The zero-order chi connectivity index (χ0) is 12.3. The molecule has 0 fully saturated rings. The van der Waals surface area contributed by atoms with Gasteiger partial charge in [-0.2, -0.15) is 0 Å². The summed E-state index contributed by atoms with van der Waals surface area (Å²) in [6.07, 6.45) is -2.11. The summed E-state index contributed by atoms with van der Waals surface area (Å²) in [6.45, 7) is 0. The smallest absolute Gasteiger partial charge is 0.306 e. The second kappa shape index (κ2) is 5.11. The van der Waals surface area contributed by atoms with Crippen molar-refractivity contribution in [2.24, 2.45) is 0 Å². The van der Waals surface area contributed by atoms with Gasteiger partial charge in [-0.05, 0) is 6.07 Å². The average Bonchev–Trinajstić information content (AvgIpc) is 2.20. The molecule has 0 aliphatic rings. The van der Waals surface area contributed by atoms with Crippen molar-refractivity contribution in [2.75, 3.05) is 5.73 Å². The van der Waals surface area contributed by atoms with E-state index in [1.165, 1.54) is 12.3 Å². The summed E-state index contributed by atoms with van der Waals surface area (Å²) in [4.78, 5) is 14.0. The van der Waals surface area contributed by atoms with Gasteiger partial charge in [-0.3, -0.25) is 4.79 Å². The Labute approximate surface area is 96.3 Å². The first-order chi connectivity index (χ1) is 7.41. The lowest BCUT2D eigenvalue weighted by atomic mass is 10.0. The minimum absolute atomic E-state index is 0.0867. The standard InChI is InChI=1S/C9H11ClN2O4/c10-9-5(11)1-4(3-12-9)8(16)6(13)2-7(14)15/h1,3,6,8,13,16H,2,11H2,(H,14,15). The molecule has 0 aliphatic heterocycles. The number of nitrogens with zero attached hydrogens (tertiary/aromatic N) is 1. The molecule has 0 bridgehead atoms. The number of aliphatic hydroxyl groups excluding tert-OH is 2. The fraction of sp³-hybridized carbons (Fsp3) is 0.333. The van der Waals surface area contributed by atoms with Crippen LogP contribution < -0.4 is 5.73 Å². The number of aliphatic carboxylic acids is 1. The van der Waals surface area contributed by atoms with E-state index in [1.54, 1.807) is 0 Å². The van der Waals surface area contributed by atoms with Crippen LogP contribution in [0.4, 0.5) is 5.69 Å². The average molecular weight is 247 g/mol. The molecule has 0 radical (unpaired) electrons. The Morgan fingerprint density at radius 1 is 1.56 bits per heavy atom. The molecule has 1 heterocycles. The number of hydrogen-bond donors (Lipinski definition) is 4. The number of carboxylic acids is 1. The van der Waals surface area contributed by atoms with Crippen molar-refractivity contribution in [3.8, 4) is 0 Å². The molecule has 0 saturated heterocycles. The van der Waals surface area contributed by atoms with E-state index in [2.05, 4.69) is 4.98 Å². The summed E-state index contributed by atoms with van der Waals surface area (Å²) in [5.74, 6) is -1.21. The highest BCUT2D eigenvalue weighted by Crippen LogP contribution is 2.23. The van der Waals surface area contributed by atoms with Crippen LogP contribution in [0.25, 0.3) is 0 Å². The molecule has 1 rings (SSSR count). The number of nitrogen functional groups attached to an aromatic ring is 1. The van der Waals surface area contributed by atoms with Gasteiger partial charge in [-0.25, -0.2) is 4.98 Å². The normalized spacial score (nSPS) is 14.4. The number of anilines is 1. The van der Waals surface area contributed by atoms with Crippen LogP contribution in [0.2, 0.25) is 5.15 Å². The second-order valence-corrected chi connectivity index (χ2v) is 3.62. The first kappa shape index (κ1) is 12.7. The SMILES string of the molecule is Nc1cc(C(O)C(O)CC(=O)O)cnc1Cl. The maximum Gasteiger partial charge on any atom is 0.306 e. The van der Waals surface area contributed by atoms with Crippen molar-refractivity contribution < 1.29 is 20.1 Å². The molecule has 88 valence electrons. The molecular weight excluding hydrogens is 236 g/mol. The quantitative estimate of drug-likeness (QED) is 0.564. The zero-order valence-electron chi connectivity index (χ0n) is 8.17. The summed E-state index contributed by atoms with van der Waals surface area (Å²) in [5.41, 5.74) is 5.83. The molecule has 0 aromatic carbocycles. The maximum absolute atomic E-state index is 10.3. The maximum atomic E-state index is 10.3. The molecule has 2 atom stereocenters. The molecule has 6 nitrogen and oxygen atoms in total. The third-order valence-corrected chi connectivity index (χ3v) is 2.29. The van der Waals surface area contributed by atoms with E-state index >= 15 is 0 Å². The number of rotatable bonds is 4. The summed E-state index contributed by atoms with van der Waals surface area (Å²) in [6, 6.07) is 1.34. The lowest BCUT2D eigenvalue weighted by Gasteiger charge is -2.16. The molecule has 0 saturated carbocycles. The third kappa shape index (κ3) is 3.06. The second-order valence-electron chi connectivity index (χ2n) is 3.26. The number of hydrogen-bond acceptors (Lipinski definition) is 5. The van der Waals surface area contributed by atoms with Crippen LogP contribution in [0.3, 0.4) is 0 Å². The first-order valence-corrected chi connectivity index (χ1v) is 4.78. The third-order valence-electron chi connectivity index (χ3n) is 1.98. The highest BCUT2D eigenvalue weighted by molar-refractivity contribution is 6.31. The van der Waals surface area contributed by atoms with Crippen molar-refractivity contribution in [3.63, 3.8) is 0 Å². The predicted molar refractivity (Wildman–Crippen MR) is 56.9 cm³/mol. The molecule has 2 unspecified atom stereocenters. The summed E-state index contributed by atoms with van der Waals surface area (Å²) >= 11 is 5.57. The van der Waals surface area contributed by atoms with Gasteiger partial charge in [0.05, 0.1) is 18.2 Å². The van der Waals surface area contributed by atoms with Gasteiger partial charge in [0.15, 0.2) is 5.15 Å². The van der Waals surface area contributed by atoms with Gasteiger partial charge in [-0.1, -0.05) is 11.6 Å². The van der Waals surface area contributed by atoms with Gasteiger partial charge in [0.2, 0.25) is 0 Å². The Hall–Kier alpha value is -1.37. The van der Waals surface area contributed by atoms with Gasteiger partial charge in [-0.15, -0.1) is 0 Å². The van der Waals surface area contributed by atoms with Crippen molar-refractivity contribution >= 4 is 23.3 Å². The van der Waals surface area contributed by atoms with Gasteiger partial charge in [0, 0.05) is 11.8 Å². The lowest BCUT2D eigenvalue weighted by molar-refractivity contribution is -0.141. The minimum atomic E-state index is -1.42. The van der Waals surface area contributed by atoms with Crippen LogP contribution in [-0.4, -0.2) is 32.4 Å². The van der Waals surface area contributed by atoms with Crippen molar-refractivity contribution in [1.82, 2.24) is 4.98 Å².